The van der Waals surface area contributed by atoms with E-state index in [2.05, 4.69) is 6.92 Å². The van der Waals surface area contributed by atoms with Crippen LogP contribution in [0.4, 0.5) is 0 Å². The van der Waals surface area contributed by atoms with E-state index in [-0.39, 0.29) is 0 Å². The zero-order valence-corrected chi connectivity index (χ0v) is 9.34. The molecule has 0 spiro atoms. The maximum absolute atomic E-state index is 5.38. The summed E-state index contributed by atoms with van der Waals surface area (Å²) in [5, 5.41) is 0. The van der Waals surface area contributed by atoms with Gasteiger partial charge < -0.3 is 0 Å². The molecular formula is C11H25N3. The van der Waals surface area contributed by atoms with E-state index in [4.69, 9.17) is 17.2 Å². The minimum absolute atomic E-state index is 1.03. The third-order valence-electron chi connectivity index (χ3n) is 2.13. The molecule has 0 rings (SSSR count). The lowest BCUT2D eigenvalue weighted by Gasteiger charge is -2.11. The summed E-state index contributed by atoms with van der Waals surface area (Å²) >= 11 is 0. The molecule has 3 heteroatoms. The van der Waals surface area contributed by atoms with Gasteiger partial charge in [-0.3, -0.25) is 17.2 Å². The molecule has 0 heterocycles. The molecule has 0 radical (unpaired) electrons. The van der Waals surface area contributed by atoms with Gasteiger partial charge in [0.25, 0.3) is 0 Å². The number of rotatable bonds is 8. The number of allylic oxidation sites excluding steroid dienone is 1. The van der Waals surface area contributed by atoms with E-state index >= 15 is 0 Å². The monoisotopic (exact) mass is 199 g/mol. The van der Waals surface area contributed by atoms with Crippen LogP contribution in [0.5, 0.6) is 0 Å². The van der Waals surface area contributed by atoms with Crippen molar-refractivity contribution in [3.05, 3.63) is 12.2 Å². The molecule has 0 aromatic rings. The Hall–Kier alpha value is -0.380. The molecule has 0 aliphatic heterocycles. The number of nitrogens with two attached hydrogens (primary N) is 3. The zero-order chi connectivity index (χ0) is 10.9. The summed E-state index contributed by atoms with van der Waals surface area (Å²) in [5.74, 6) is -1.14. The Morgan fingerprint density at radius 1 is 0.929 bits per heavy atom. The van der Waals surface area contributed by atoms with Gasteiger partial charge in [-0.05, 0) is 18.9 Å². The number of hydrogen-bond donors (Lipinski definition) is 3. The normalized spacial score (nSPS) is 12.6. The molecular weight excluding hydrogens is 174 g/mol. The highest BCUT2D eigenvalue weighted by atomic mass is 15.1. The predicted molar refractivity (Wildman–Crippen MR) is 62.4 cm³/mol. The van der Waals surface area contributed by atoms with Gasteiger partial charge >= 0.3 is 0 Å². The molecule has 0 amide bonds. The van der Waals surface area contributed by atoms with E-state index in [0.717, 1.165) is 6.42 Å². The average molecular weight is 199 g/mol. The minimum atomic E-state index is -1.14. The second-order valence-corrected chi connectivity index (χ2v) is 3.96. The SMILES string of the molecule is CCCCCCCCC=CC(N)(N)N. The summed E-state index contributed by atoms with van der Waals surface area (Å²) in [6, 6.07) is 0. The number of hydrogen-bond acceptors (Lipinski definition) is 3. The molecule has 84 valence electrons. The van der Waals surface area contributed by atoms with Gasteiger partial charge in [0, 0.05) is 0 Å². The van der Waals surface area contributed by atoms with Crippen LogP contribution in [0.2, 0.25) is 0 Å². The second kappa shape index (κ2) is 7.97. The molecule has 0 saturated heterocycles. The highest BCUT2D eigenvalue weighted by Gasteiger charge is 2.03. The van der Waals surface area contributed by atoms with E-state index in [1.165, 1.54) is 38.5 Å². The van der Waals surface area contributed by atoms with Crippen molar-refractivity contribution in [3.8, 4) is 0 Å². The fourth-order valence-electron chi connectivity index (χ4n) is 1.33. The van der Waals surface area contributed by atoms with Gasteiger partial charge in [0.2, 0.25) is 0 Å². The van der Waals surface area contributed by atoms with E-state index in [0.29, 0.717) is 0 Å². The molecule has 0 aromatic carbocycles. The minimum Gasteiger partial charge on any atom is -0.298 e. The second-order valence-electron chi connectivity index (χ2n) is 3.96. The Bertz CT molecular complexity index is 147. The third kappa shape index (κ3) is 11.6. The maximum Gasteiger partial charge on any atom is 0.135 e. The molecule has 14 heavy (non-hydrogen) atoms. The molecule has 6 N–H and O–H groups in total. The summed E-state index contributed by atoms with van der Waals surface area (Å²) < 4.78 is 0. The van der Waals surface area contributed by atoms with Crippen molar-refractivity contribution in [2.24, 2.45) is 17.2 Å². The zero-order valence-electron chi connectivity index (χ0n) is 9.34. The van der Waals surface area contributed by atoms with Crippen molar-refractivity contribution in [1.82, 2.24) is 0 Å². The Balaban J connectivity index is 3.17. The molecule has 0 fully saturated rings. The Labute approximate surface area is 87.7 Å². The Morgan fingerprint density at radius 2 is 1.50 bits per heavy atom. The van der Waals surface area contributed by atoms with Crippen LogP contribution in [0, 0.1) is 0 Å². The van der Waals surface area contributed by atoms with Gasteiger partial charge in [-0.15, -0.1) is 0 Å². The van der Waals surface area contributed by atoms with Crippen molar-refractivity contribution in [2.45, 2.75) is 57.7 Å². The summed E-state index contributed by atoms with van der Waals surface area (Å²) in [6.45, 7) is 2.23. The molecule has 0 aliphatic carbocycles. The Morgan fingerprint density at radius 3 is 2.07 bits per heavy atom. The van der Waals surface area contributed by atoms with E-state index in [9.17, 15) is 0 Å². The van der Waals surface area contributed by atoms with E-state index in [1.54, 1.807) is 6.08 Å². The van der Waals surface area contributed by atoms with Gasteiger partial charge in [0.15, 0.2) is 0 Å². The van der Waals surface area contributed by atoms with Crippen LogP contribution in [-0.2, 0) is 0 Å². The van der Waals surface area contributed by atoms with Crippen LogP contribution < -0.4 is 17.2 Å². The topological polar surface area (TPSA) is 78.1 Å². The Kier molecular flexibility index (Phi) is 7.76. The summed E-state index contributed by atoms with van der Waals surface area (Å²) in [5.41, 5.74) is 16.2. The van der Waals surface area contributed by atoms with Crippen LogP contribution in [0.1, 0.15) is 51.9 Å². The van der Waals surface area contributed by atoms with Crippen molar-refractivity contribution < 1.29 is 0 Å². The lowest BCUT2D eigenvalue weighted by Crippen LogP contribution is -2.56. The molecule has 0 saturated carbocycles. The maximum atomic E-state index is 5.38. The van der Waals surface area contributed by atoms with Gasteiger partial charge in [0.05, 0.1) is 0 Å². The first kappa shape index (κ1) is 13.6. The molecule has 0 bridgehead atoms. The van der Waals surface area contributed by atoms with E-state index < -0.39 is 5.79 Å². The smallest absolute Gasteiger partial charge is 0.135 e. The summed E-state index contributed by atoms with van der Waals surface area (Å²) in [4.78, 5) is 0. The predicted octanol–water partition coefficient (Wildman–Crippen LogP) is 1.82. The largest absolute Gasteiger partial charge is 0.298 e. The van der Waals surface area contributed by atoms with Crippen molar-refractivity contribution in [2.75, 3.05) is 0 Å². The highest BCUT2D eigenvalue weighted by molar-refractivity contribution is 4.96. The summed E-state index contributed by atoms with van der Waals surface area (Å²) in [7, 11) is 0. The van der Waals surface area contributed by atoms with Crippen molar-refractivity contribution >= 4 is 0 Å². The van der Waals surface area contributed by atoms with Gasteiger partial charge in [-0.25, -0.2) is 0 Å². The van der Waals surface area contributed by atoms with Crippen LogP contribution in [0.3, 0.4) is 0 Å². The van der Waals surface area contributed by atoms with Crippen molar-refractivity contribution in [3.63, 3.8) is 0 Å². The van der Waals surface area contributed by atoms with E-state index in [1.807, 2.05) is 6.08 Å². The standard InChI is InChI=1S/C11H25N3/c1-2-3-4-5-6-7-8-9-10-11(12,13)14/h9-10H,2-8,12-14H2,1H3. The van der Waals surface area contributed by atoms with Crippen LogP contribution >= 0.6 is 0 Å². The molecule has 3 nitrogen and oxygen atoms in total. The summed E-state index contributed by atoms with van der Waals surface area (Å²) in [6.07, 6.45) is 12.5. The van der Waals surface area contributed by atoms with Crippen LogP contribution in [0.25, 0.3) is 0 Å². The van der Waals surface area contributed by atoms with Crippen LogP contribution in [0.15, 0.2) is 12.2 Å². The lowest BCUT2D eigenvalue weighted by atomic mass is 10.1. The highest BCUT2D eigenvalue weighted by Crippen LogP contribution is 2.07. The van der Waals surface area contributed by atoms with Gasteiger partial charge in [-0.2, -0.15) is 0 Å². The fraction of sp³-hybridized carbons (Fsp3) is 0.818. The fourth-order valence-corrected chi connectivity index (χ4v) is 1.33. The van der Waals surface area contributed by atoms with Gasteiger partial charge in [-0.1, -0.05) is 45.1 Å². The molecule has 0 aromatic heterocycles. The average Bonchev–Trinajstić information content (AvgIpc) is 2.08. The van der Waals surface area contributed by atoms with Crippen molar-refractivity contribution in [1.29, 1.82) is 0 Å². The molecule has 0 aliphatic rings. The first-order valence-corrected chi connectivity index (χ1v) is 5.60. The third-order valence-corrected chi connectivity index (χ3v) is 2.13. The van der Waals surface area contributed by atoms with Crippen LogP contribution in [-0.4, -0.2) is 5.79 Å². The number of unbranched alkanes of at least 4 members (excludes halogenated alkanes) is 6. The quantitative estimate of drug-likeness (QED) is 0.317. The first-order valence-electron chi connectivity index (χ1n) is 5.60. The molecule has 0 unspecified atom stereocenters. The molecule has 0 atom stereocenters. The first-order chi connectivity index (χ1) is 6.56. The lowest BCUT2D eigenvalue weighted by molar-refractivity contribution is 0.576. The van der Waals surface area contributed by atoms with Gasteiger partial charge in [0.1, 0.15) is 5.79 Å².